The Morgan fingerprint density at radius 3 is 2.37 bits per heavy atom. The summed E-state index contributed by atoms with van der Waals surface area (Å²) in [4.78, 5) is 18.1. The predicted molar refractivity (Wildman–Crippen MR) is 178 cm³/mol. The molecule has 252 valence electrons. The lowest BCUT2D eigenvalue weighted by atomic mass is 9.84. The number of hydrogen-bond acceptors (Lipinski definition) is 7. The first-order chi connectivity index (χ1) is 21.2. The molecule has 3 aliphatic rings. The monoisotopic (exact) mass is 656 g/mol. The van der Waals surface area contributed by atoms with Gasteiger partial charge in [-0.2, -0.15) is 0 Å². The molecule has 46 heavy (non-hydrogen) atoms. The minimum atomic E-state index is -3.55. The summed E-state index contributed by atoms with van der Waals surface area (Å²) in [6.45, 7) is 13.2. The third-order valence-electron chi connectivity index (χ3n) is 9.11. The van der Waals surface area contributed by atoms with Crippen LogP contribution in [-0.4, -0.2) is 54.8 Å². The minimum absolute atomic E-state index is 0.0193. The van der Waals surface area contributed by atoms with Crippen molar-refractivity contribution in [3.05, 3.63) is 53.0 Å². The third-order valence-corrected chi connectivity index (χ3v) is 10.3. The fourth-order valence-electron chi connectivity index (χ4n) is 6.92. The number of carbonyl (C=O) groups excluding carboxylic acids is 1. The Morgan fingerprint density at radius 2 is 1.83 bits per heavy atom. The van der Waals surface area contributed by atoms with Crippen LogP contribution in [0.1, 0.15) is 110 Å². The zero-order valence-corrected chi connectivity index (χ0v) is 29.3. The molecular formula is C36H49FN2O6S. The van der Waals surface area contributed by atoms with Gasteiger partial charge in [-0.1, -0.05) is 38.1 Å². The van der Waals surface area contributed by atoms with Gasteiger partial charge in [0.05, 0.1) is 24.5 Å². The van der Waals surface area contributed by atoms with Gasteiger partial charge < -0.3 is 14.6 Å². The normalized spacial score (nSPS) is 22.7. The molecule has 1 aromatic carbocycles. The number of esters is 1. The van der Waals surface area contributed by atoms with Crippen molar-refractivity contribution < 1.29 is 32.2 Å². The molecule has 2 unspecified atom stereocenters. The number of aromatic nitrogens is 1. The van der Waals surface area contributed by atoms with E-state index in [1.54, 1.807) is 26.0 Å². The Kier molecular flexibility index (Phi) is 9.01. The molecule has 5 rings (SSSR count). The van der Waals surface area contributed by atoms with Gasteiger partial charge in [0.15, 0.2) is 5.79 Å². The van der Waals surface area contributed by atoms with Gasteiger partial charge in [-0.05, 0) is 108 Å². The van der Waals surface area contributed by atoms with Crippen molar-refractivity contribution in [2.75, 3.05) is 17.1 Å². The molecule has 1 aromatic heterocycles. The molecule has 2 aromatic rings. The van der Waals surface area contributed by atoms with E-state index in [9.17, 15) is 22.7 Å². The smallest absolute Gasteiger partial charge is 0.306 e. The van der Waals surface area contributed by atoms with Crippen molar-refractivity contribution >= 4 is 27.9 Å². The summed E-state index contributed by atoms with van der Waals surface area (Å²) >= 11 is 0. The average Bonchev–Trinajstić information content (AvgIpc) is 3.81. The van der Waals surface area contributed by atoms with Crippen molar-refractivity contribution in [2.24, 2.45) is 10.8 Å². The second-order valence-corrected chi connectivity index (χ2v) is 17.4. The molecule has 0 amide bonds. The number of hydrogen-bond donors (Lipinski definition) is 1. The predicted octanol–water partition coefficient (Wildman–Crippen LogP) is 7.14. The van der Waals surface area contributed by atoms with Gasteiger partial charge in [0, 0.05) is 23.1 Å². The molecule has 8 nitrogen and oxygen atoms in total. The lowest BCUT2D eigenvalue weighted by Gasteiger charge is -2.32. The van der Waals surface area contributed by atoms with Gasteiger partial charge in [-0.15, -0.1) is 0 Å². The Balaban J connectivity index is 1.57. The number of ether oxygens (including phenoxy) is 2. The van der Waals surface area contributed by atoms with E-state index in [4.69, 9.17) is 14.5 Å². The first-order valence-corrected chi connectivity index (χ1v) is 18.2. The van der Waals surface area contributed by atoms with Crippen molar-refractivity contribution in [3.8, 4) is 11.1 Å². The van der Waals surface area contributed by atoms with Crippen LogP contribution in [0.5, 0.6) is 0 Å². The van der Waals surface area contributed by atoms with Crippen LogP contribution >= 0.6 is 0 Å². The first-order valence-electron chi connectivity index (χ1n) is 16.3. The average molecular weight is 657 g/mol. The molecule has 1 N–H and O–H groups in total. The second-order valence-electron chi connectivity index (χ2n) is 15.4. The molecule has 0 saturated heterocycles. The van der Waals surface area contributed by atoms with E-state index in [1.807, 2.05) is 34.6 Å². The number of aliphatic hydroxyl groups is 1. The highest BCUT2D eigenvalue weighted by atomic mass is 32.2. The first kappa shape index (κ1) is 34.5. The fraction of sp³-hybridized carbons (Fsp3) is 0.611. The fourth-order valence-corrected chi connectivity index (χ4v) is 7.85. The summed E-state index contributed by atoms with van der Waals surface area (Å²) in [6.07, 6.45) is 10.0. The van der Waals surface area contributed by atoms with Crippen molar-refractivity contribution in [1.29, 1.82) is 0 Å². The van der Waals surface area contributed by atoms with Gasteiger partial charge in [0.1, 0.15) is 17.2 Å². The number of carbonyl (C=O) groups is 1. The summed E-state index contributed by atoms with van der Waals surface area (Å²) in [5, 5.41) is 10.4. The Labute approximate surface area is 273 Å². The van der Waals surface area contributed by atoms with Gasteiger partial charge in [-0.25, -0.2) is 17.8 Å². The number of pyridine rings is 1. The quantitative estimate of drug-likeness (QED) is 0.202. The molecule has 2 aliphatic carbocycles. The molecule has 2 atom stereocenters. The van der Waals surface area contributed by atoms with Crippen LogP contribution in [0, 0.1) is 16.6 Å². The highest BCUT2D eigenvalue weighted by Gasteiger charge is 2.62. The largest absolute Gasteiger partial charge is 0.460 e. The maximum absolute atomic E-state index is 14.1. The van der Waals surface area contributed by atoms with Crippen molar-refractivity contribution in [3.63, 3.8) is 0 Å². The molecule has 0 bridgehead atoms. The van der Waals surface area contributed by atoms with Gasteiger partial charge >= 0.3 is 5.97 Å². The van der Waals surface area contributed by atoms with Crippen LogP contribution in [0.4, 0.5) is 10.2 Å². The van der Waals surface area contributed by atoms with E-state index in [0.29, 0.717) is 38.0 Å². The van der Waals surface area contributed by atoms with Crippen LogP contribution in [0.2, 0.25) is 0 Å². The van der Waals surface area contributed by atoms with Crippen LogP contribution in [0.3, 0.4) is 0 Å². The third kappa shape index (κ3) is 7.82. The number of allylic oxidation sites excluding steroid dienone is 1. The molecule has 0 spiro atoms. The van der Waals surface area contributed by atoms with E-state index in [1.165, 1.54) is 22.7 Å². The summed E-state index contributed by atoms with van der Waals surface area (Å²) in [7, 11) is -3.55. The van der Waals surface area contributed by atoms with E-state index >= 15 is 0 Å². The van der Waals surface area contributed by atoms with Gasteiger partial charge in [-0.3, -0.25) is 9.10 Å². The standard InChI is InChI=1S/C36H49FN2O6S/c1-23(2)31-26(30(24-11-13-25(37)14-12-24)27-10-9-19-39(32(27)38-31)46(8,42)43)15-16-35(17-18-35)22-36(20-28(36)44-34(6,7)41)21-29(40)45-33(3,4)5/h11-16,23,28,41H,9-10,17-22H2,1-8H3/b16-15+. The SMILES string of the molecule is CC(C)c1nc2c(c(-c3ccc(F)cc3)c1/C=C/C1(CC3(CC(=O)OC(C)(C)C)CC3OC(C)(C)O)CC1)CCCN2S(C)(=O)=O. The highest BCUT2D eigenvalue weighted by molar-refractivity contribution is 7.92. The maximum atomic E-state index is 14.1. The minimum Gasteiger partial charge on any atom is -0.460 e. The summed E-state index contributed by atoms with van der Waals surface area (Å²) in [6, 6.07) is 6.36. The van der Waals surface area contributed by atoms with Crippen molar-refractivity contribution in [2.45, 2.75) is 117 Å². The number of nitrogens with zero attached hydrogens (tertiary/aromatic N) is 2. The Morgan fingerprint density at radius 1 is 1.17 bits per heavy atom. The molecule has 0 radical (unpaired) electrons. The number of halogens is 1. The molecule has 1 aliphatic heterocycles. The number of fused-ring (bicyclic) bond motifs is 1. The van der Waals surface area contributed by atoms with Gasteiger partial charge in [0.25, 0.3) is 0 Å². The number of rotatable bonds is 11. The topological polar surface area (TPSA) is 106 Å². The molecular weight excluding hydrogens is 607 g/mol. The van der Waals surface area contributed by atoms with Gasteiger partial charge in [0.2, 0.25) is 10.0 Å². The van der Waals surface area contributed by atoms with Crippen molar-refractivity contribution in [1.82, 2.24) is 4.98 Å². The number of benzene rings is 1. The lowest BCUT2D eigenvalue weighted by Crippen LogP contribution is -2.36. The zero-order valence-electron chi connectivity index (χ0n) is 28.4. The zero-order chi connectivity index (χ0) is 33.9. The van der Waals surface area contributed by atoms with E-state index in [2.05, 4.69) is 12.2 Å². The van der Waals surface area contributed by atoms with E-state index < -0.39 is 26.8 Å². The number of anilines is 1. The summed E-state index contributed by atoms with van der Waals surface area (Å²) in [5.41, 5.74) is 2.99. The van der Waals surface area contributed by atoms with E-state index in [-0.39, 0.29) is 35.6 Å². The van der Waals surface area contributed by atoms with E-state index in [0.717, 1.165) is 40.8 Å². The van der Waals surface area contributed by atoms with Crippen LogP contribution in [0.25, 0.3) is 17.2 Å². The van der Waals surface area contributed by atoms with Crippen LogP contribution in [-0.2, 0) is 30.7 Å². The Bertz CT molecular complexity index is 1620. The maximum Gasteiger partial charge on any atom is 0.306 e. The lowest BCUT2D eigenvalue weighted by molar-refractivity contribution is -0.193. The Hall–Kier alpha value is -2.82. The summed E-state index contributed by atoms with van der Waals surface area (Å²) < 4.78 is 52.9. The second kappa shape index (κ2) is 12.0. The molecule has 2 saturated carbocycles. The molecule has 2 fully saturated rings. The number of sulfonamides is 1. The summed E-state index contributed by atoms with van der Waals surface area (Å²) in [5.74, 6) is -1.50. The molecule has 10 heteroatoms. The highest BCUT2D eigenvalue weighted by Crippen LogP contribution is 2.65. The molecule has 2 heterocycles. The van der Waals surface area contributed by atoms with Crippen LogP contribution < -0.4 is 4.31 Å². The van der Waals surface area contributed by atoms with Crippen LogP contribution in [0.15, 0.2) is 30.3 Å².